The van der Waals surface area contributed by atoms with E-state index in [4.69, 9.17) is 0 Å². The van der Waals surface area contributed by atoms with Crippen LogP contribution in [0.4, 0.5) is 0 Å². The van der Waals surface area contributed by atoms with E-state index in [0.717, 1.165) is 22.2 Å². The Morgan fingerprint density at radius 1 is 1.41 bits per heavy atom. The van der Waals surface area contributed by atoms with E-state index in [0.29, 0.717) is 5.33 Å². The summed E-state index contributed by atoms with van der Waals surface area (Å²) in [6, 6.07) is 8.07. The van der Waals surface area contributed by atoms with Crippen LogP contribution in [0.5, 0.6) is 0 Å². The van der Waals surface area contributed by atoms with Gasteiger partial charge in [-0.3, -0.25) is 4.79 Å². The maximum absolute atomic E-state index is 12.4. The van der Waals surface area contributed by atoms with E-state index in [1.54, 1.807) is 0 Å². The fourth-order valence-electron chi connectivity index (χ4n) is 2.15. The van der Waals surface area contributed by atoms with Crippen molar-refractivity contribution in [1.82, 2.24) is 4.57 Å². The van der Waals surface area contributed by atoms with Gasteiger partial charge in [-0.25, -0.2) is 0 Å². The lowest BCUT2D eigenvalue weighted by Crippen LogP contribution is -2.13. The van der Waals surface area contributed by atoms with Gasteiger partial charge in [-0.05, 0) is 13.0 Å². The predicted octanol–water partition coefficient (Wildman–Crippen LogP) is 3.70. The number of Topliss-reactive ketones (excluding diaryl/α,β-unsaturated/α-hetero) is 1. The van der Waals surface area contributed by atoms with Crippen LogP contribution >= 0.6 is 15.9 Å². The Morgan fingerprint density at radius 2 is 2.06 bits per heavy atom. The Labute approximate surface area is 110 Å². The van der Waals surface area contributed by atoms with Crippen molar-refractivity contribution in [3.05, 3.63) is 35.5 Å². The van der Waals surface area contributed by atoms with Crippen molar-refractivity contribution in [1.29, 1.82) is 0 Å². The Balaban J connectivity index is 2.69. The van der Waals surface area contributed by atoms with E-state index in [9.17, 15) is 4.79 Å². The van der Waals surface area contributed by atoms with Crippen molar-refractivity contribution in [3.8, 4) is 0 Å². The minimum Gasteiger partial charge on any atom is -0.347 e. The molecular formula is C14H16BrNO. The zero-order chi connectivity index (χ0) is 12.6. The number of carbonyl (C=O) groups is 1. The SMILES string of the molecule is Cc1c(C(=O)[C@H](C)CBr)c2ccccc2n1C. The quantitative estimate of drug-likeness (QED) is 0.625. The third kappa shape index (κ3) is 1.93. The molecule has 0 saturated heterocycles. The van der Waals surface area contributed by atoms with Gasteiger partial charge in [0.25, 0.3) is 0 Å². The van der Waals surface area contributed by atoms with Crippen LogP contribution < -0.4 is 0 Å². The molecule has 0 aliphatic carbocycles. The molecule has 0 aliphatic rings. The Morgan fingerprint density at radius 3 is 2.71 bits per heavy atom. The zero-order valence-electron chi connectivity index (χ0n) is 10.3. The second-order valence-electron chi connectivity index (χ2n) is 4.46. The molecule has 17 heavy (non-hydrogen) atoms. The Kier molecular flexibility index (Phi) is 3.38. The molecule has 0 aliphatic heterocycles. The van der Waals surface area contributed by atoms with Gasteiger partial charge in [0.05, 0.1) is 0 Å². The van der Waals surface area contributed by atoms with Gasteiger partial charge in [0.15, 0.2) is 5.78 Å². The maximum Gasteiger partial charge on any atom is 0.168 e. The molecule has 0 spiro atoms. The third-order valence-corrected chi connectivity index (χ3v) is 4.30. The molecule has 90 valence electrons. The van der Waals surface area contributed by atoms with Crippen LogP contribution in [0.1, 0.15) is 23.0 Å². The monoisotopic (exact) mass is 293 g/mol. The smallest absolute Gasteiger partial charge is 0.168 e. The molecule has 2 rings (SSSR count). The highest BCUT2D eigenvalue weighted by Crippen LogP contribution is 2.27. The fraction of sp³-hybridized carbons (Fsp3) is 0.357. The lowest BCUT2D eigenvalue weighted by atomic mass is 9.98. The number of aryl methyl sites for hydroxylation is 1. The van der Waals surface area contributed by atoms with E-state index >= 15 is 0 Å². The Bertz CT molecular complexity index is 571. The normalized spacial score (nSPS) is 12.9. The van der Waals surface area contributed by atoms with E-state index < -0.39 is 0 Å². The molecule has 1 atom stereocenters. The molecule has 0 bridgehead atoms. The van der Waals surface area contributed by atoms with Gasteiger partial charge in [0, 0.05) is 40.5 Å². The van der Waals surface area contributed by atoms with Gasteiger partial charge in [-0.2, -0.15) is 0 Å². The van der Waals surface area contributed by atoms with E-state index in [1.165, 1.54) is 0 Å². The fourth-order valence-corrected chi connectivity index (χ4v) is 2.44. The molecule has 0 fully saturated rings. The van der Waals surface area contributed by atoms with Gasteiger partial charge < -0.3 is 4.57 Å². The molecule has 1 heterocycles. The summed E-state index contributed by atoms with van der Waals surface area (Å²) < 4.78 is 2.09. The number of benzene rings is 1. The van der Waals surface area contributed by atoms with Crippen molar-refractivity contribution in [2.24, 2.45) is 13.0 Å². The number of hydrogen-bond acceptors (Lipinski definition) is 1. The number of halogens is 1. The first kappa shape index (κ1) is 12.4. The number of alkyl halides is 1. The third-order valence-electron chi connectivity index (χ3n) is 3.33. The summed E-state index contributed by atoms with van der Waals surface area (Å²) in [6.07, 6.45) is 0. The molecule has 2 nitrogen and oxygen atoms in total. The van der Waals surface area contributed by atoms with Crippen molar-refractivity contribution < 1.29 is 4.79 Å². The number of para-hydroxylation sites is 1. The van der Waals surface area contributed by atoms with Crippen LogP contribution in [0.2, 0.25) is 0 Å². The molecule has 0 amide bonds. The van der Waals surface area contributed by atoms with Crippen LogP contribution in [0.25, 0.3) is 10.9 Å². The van der Waals surface area contributed by atoms with Gasteiger partial charge in [-0.1, -0.05) is 41.1 Å². The van der Waals surface area contributed by atoms with E-state index in [-0.39, 0.29) is 11.7 Å². The number of aromatic nitrogens is 1. The van der Waals surface area contributed by atoms with E-state index in [1.807, 2.05) is 39.1 Å². The molecule has 0 N–H and O–H groups in total. The molecule has 1 aromatic carbocycles. The second kappa shape index (κ2) is 4.65. The molecule has 2 aromatic rings. The van der Waals surface area contributed by atoms with Gasteiger partial charge in [-0.15, -0.1) is 0 Å². The first-order valence-electron chi connectivity index (χ1n) is 5.72. The minimum atomic E-state index is 0.0134. The molecule has 0 unspecified atom stereocenters. The second-order valence-corrected chi connectivity index (χ2v) is 5.10. The van der Waals surface area contributed by atoms with Crippen molar-refractivity contribution in [2.75, 3.05) is 5.33 Å². The summed E-state index contributed by atoms with van der Waals surface area (Å²) in [4.78, 5) is 12.4. The van der Waals surface area contributed by atoms with Gasteiger partial charge in [0.2, 0.25) is 0 Å². The predicted molar refractivity (Wildman–Crippen MR) is 74.9 cm³/mol. The summed E-state index contributed by atoms with van der Waals surface area (Å²) in [6.45, 7) is 3.96. The van der Waals surface area contributed by atoms with Crippen LogP contribution in [0.15, 0.2) is 24.3 Å². The number of nitrogens with zero attached hydrogens (tertiary/aromatic N) is 1. The van der Waals surface area contributed by atoms with Gasteiger partial charge >= 0.3 is 0 Å². The maximum atomic E-state index is 12.4. The van der Waals surface area contributed by atoms with Crippen LogP contribution in [0, 0.1) is 12.8 Å². The largest absolute Gasteiger partial charge is 0.347 e. The van der Waals surface area contributed by atoms with E-state index in [2.05, 4.69) is 26.6 Å². The minimum absolute atomic E-state index is 0.0134. The number of fused-ring (bicyclic) bond motifs is 1. The van der Waals surface area contributed by atoms with Crippen molar-refractivity contribution >= 4 is 32.6 Å². The number of carbonyl (C=O) groups excluding carboxylic acids is 1. The highest BCUT2D eigenvalue weighted by atomic mass is 79.9. The van der Waals surface area contributed by atoms with Crippen LogP contribution in [-0.2, 0) is 7.05 Å². The lowest BCUT2D eigenvalue weighted by molar-refractivity contribution is 0.0943. The first-order chi connectivity index (χ1) is 8.07. The zero-order valence-corrected chi connectivity index (χ0v) is 11.9. The van der Waals surface area contributed by atoms with Crippen molar-refractivity contribution in [2.45, 2.75) is 13.8 Å². The summed E-state index contributed by atoms with van der Waals surface area (Å²) in [5.74, 6) is 0.232. The summed E-state index contributed by atoms with van der Waals surface area (Å²) in [5.41, 5.74) is 3.04. The topological polar surface area (TPSA) is 22.0 Å². The highest BCUT2D eigenvalue weighted by Gasteiger charge is 2.21. The number of hydrogen-bond donors (Lipinski definition) is 0. The lowest BCUT2D eigenvalue weighted by Gasteiger charge is -2.07. The first-order valence-corrected chi connectivity index (χ1v) is 6.84. The summed E-state index contributed by atoms with van der Waals surface area (Å²) in [5, 5.41) is 1.76. The highest BCUT2D eigenvalue weighted by molar-refractivity contribution is 9.09. The molecular weight excluding hydrogens is 278 g/mol. The molecule has 1 aromatic heterocycles. The average molecular weight is 294 g/mol. The molecule has 3 heteroatoms. The van der Waals surface area contributed by atoms with Crippen LogP contribution in [0.3, 0.4) is 0 Å². The van der Waals surface area contributed by atoms with Gasteiger partial charge in [0.1, 0.15) is 0 Å². The molecule has 0 radical (unpaired) electrons. The summed E-state index contributed by atoms with van der Waals surface area (Å²) in [7, 11) is 2.01. The number of rotatable bonds is 3. The standard InChI is InChI=1S/C14H16BrNO/c1-9(8-15)14(17)13-10(2)16(3)12-7-5-4-6-11(12)13/h4-7,9H,8H2,1-3H3/t9-/m1/s1. The average Bonchev–Trinajstić information content (AvgIpc) is 2.61. The van der Waals surface area contributed by atoms with Crippen molar-refractivity contribution in [3.63, 3.8) is 0 Å². The number of ketones is 1. The van der Waals surface area contributed by atoms with Crippen LogP contribution in [-0.4, -0.2) is 15.7 Å². The summed E-state index contributed by atoms with van der Waals surface area (Å²) >= 11 is 3.38. The molecule has 0 saturated carbocycles. The Hall–Kier alpha value is -1.09.